The Morgan fingerprint density at radius 1 is 1.11 bits per heavy atom. The van der Waals surface area contributed by atoms with Gasteiger partial charge in [-0.05, 0) is 56.2 Å². The molecule has 1 amide bonds. The molecule has 2 heterocycles. The van der Waals surface area contributed by atoms with E-state index in [0.717, 1.165) is 23.1 Å². The zero-order valence-electron chi connectivity index (χ0n) is 15.6. The fourth-order valence-electron chi connectivity index (χ4n) is 3.14. The van der Waals surface area contributed by atoms with Crippen molar-refractivity contribution in [3.63, 3.8) is 0 Å². The molecular weight excluding hydrogens is 338 g/mol. The van der Waals surface area contributed by atoms with Crippen LogP contribution in [-0.2, 0) is 0 Å². The first kappa shape index (κ1) is 17.0. The molecule has 0 unspecified atom stereocenters. The minimum absolute atomic E-state index is 0.170. The van der Waals surface area contributed by atoms with Crippen molar-refractivity contribution in [2.75, 3.05) is 17.2 Å². The van der Waals surface area contributed by atoms with E-state index in [1.165, 1.54) is 5.56 Å². The lowest BCUT2D eigenvalue weighted by molar-refractivity contribution is 0.102. The Kier molecular flexibility index (Phi) is 4.24. The van der Waals surface area contributed by atoms with Crippen molar-refractivity contribution in [2.24, 2.45) is 0 Å². The minimum atomic E-state index is -0.170. The summed E-state index contributed by atoms with van der Waals surface area (Å²) < 4.78 is 1.95. The molecule has 6 heteroatoms. The summed E-state index contributed by atoms with van der Waals surface area (Å²) in [5.41, 5.74) is 5.40. The van der Waals surface area contributed by atoms with Crippen molar-refractivity contribution < 1.29 is 4.79 Å². The number of nitrogens with one attached hydrogen (secondary N) is 2. The van der Waals surface area contributed by atoms with E-state index in [-0.39, 0.29) is 5.91 Å². The summed E-state index contributed by atoms with van der Waals surface area (Å²) in [6.45, 7) is 6.89. The van der Waals surface area contributed by atoms with Gasteiger partial charge in [-0.15, -0.1) is 0 Å². The quantitative estimate of drug-likeness (QED) is 0.573. The van der Waals surface area contributed by atoms with Gasteiger partial charge in [-0.2, -0.15) is 0 Å². The minimum Gasteiger partial charge on any atom is -0.367 e. The SMILES string of the molecule is CCNc1nc2cc(C)c(C)cc2n2c(NC(=O)c3ccccc3)cnc12. The molecule has 0 aliphatic rings. The normalized spacial score (nSPS) is 11.1. The highest BCUT2D eigenvalue weighted by Gasteiger charge is 2.16. The van der Waals surface area contributed by atoms with E-state index in [0.29, 0.717) is 22.8 Å². The largest absolute Gasteiger partial charge is 0.367 e. The number of nitrogens with zero attached hydrogens (tertiary/aromatic N) is 3. The first-order valence-electron chi connectivity index (χ1n) is 8.97. The number of hydrogen-bond donors (Lipinski definition) is 2. The van der Waals surface area contributed by atoms with Gasteiger partial charge in [0.05, 0.1) is 17.2 Å². The zero-order chi connectivity index (χ0) is 19.0. The van der Waals surface area contributed by atoms with Gasteiger partial charge >= 0.3 is 0 Å². The summed E-state index contributed by atoms with van der Waals surface area (Å²) >= 11 is 0. The van der Waals surface area contributed by atoms with Gasteiger partial charge in [0.25, 0.3) is 5.91 Å². The molecule has 0 spiro atoms. The molecule has 2 aromatic heterocycles. The van der Waals surface area contributed by atoms with Crippen LogP contribution in [0.15, 0.2) is 48.7 Å². The van der Waals surface area contributed by atoms with Crippen LogP contribution in [0.5, 0.6) is 0 Å². The number of aromatic nitrogens is 3. The Balaban J connectivity index is 1.91. The van der Waals surface area contributed by atoms with Crippen LogP contribution in [0.3, 0.4) is 0 Å². The highest BCUT2D eigenvalue weighted by molar-refractivity contribution is 6.04. The molecule has 6 nitrogen and oxygen atoms in total. The molecule has 0 atom stereocenters. The monoisotopic (exact) mass is 359 g/mol. The summed E-state index contributed by atoms with van der Waals surface area (Å²) in [7, 11) is 0. The van der Waals surface area contributed by atoms with Crippen molar-refractivity contribution in [3.05, 3.63) is 65.4 Å². The van der Waals surface area contributed by atoms with Crippen molar-refractivity contribution in [2.45, 2.75) is 20.8 Å². The standard InChI is InChI=1S/C21H21N5O/c1-4-22-19-20-23-12-18(25-21(27)15-8-6-5-7-9-15)26(20)17-11-14(3)13(2)10-16(17)24-19/h5-12H,4H2,1-3H3,(H,22,24)(H,25,27). The van der Waals surface area contributed by atoms with Crippen molar-refractivity contribution in [3.8, 4) is 0 Å². The molecule has 0 saturated carbocycles. The number of aryl methyl sites for hydroxylation is 2. The van der Waals surface area contributed by atoms with Crippen LogP contribution in [-0.4, -0.2) is 26.8 Å². The molecule has 2 N–H and O–H groups in total. The summed E-state index contributed by atoms with van der Waals surface area (Å²) in [5, 5.41) is 6.25. The maximum absolute atomic E-state index is 12.6. The lowest BCUT2D eigenvalue weighted by Crippen LogP contribution is -2.14. The van der Waals surface area contributed by atoms with Crippen LogP contribution in [0.1, 0.15) is 28.4 Å². The first-order chi connectivity index (χ1) is 13.1. The van der Waals surface area contributed by atoms with Crippen molar-refractivity contribution in [1.82, 2.24) is 14.4 Å². The maximum atomic E-state index is 12.6. The number of benzene rings is 2. The molecule has 0 fully saturated rings. The Morgan fingerprint density at radius 2 is 1.85 bits per heavy atom. The molecule has 4 rings (SSSR count). The summed E-state index contributed by atoms with van der Waals surface area (Å²) in [4.78, 5) is 21.9. The second-order valence-corrected chi connectivity index (χ2v) is 6.54. The Bertz CT molecular complexity index is 1150. The van der Waals surface area contributed by atoms with Crippen LogP contribution < -0.4 is 10.6 Å². The van der Waals surface area contributed by atoms with Crippen LogP contribution in [0.4, 0.5) is 11.6 Å². The molecule has 2 aromatic carbocycles. The Morgan fingerprint density at radius 3 is 2.59 bits per heavy atom. The Labute approximate surface area is 157 Å². The molecule has 0 aliphatic heterocycles. The maximum Gasteiger partial charge on any atom is 0.256 e. The van der Waals surface area contributed by atoms with Crippen LogP contribution in [0.2, 0.25) is 0 Å². The molecular formula is C21H21N5O. The second-order valence-electron chi connectivity index (χ2n) is 6.54. The summed E-state index contributed by atoms with van der Waals surface area (Å²) in [6, 6.07) is 13.3. The van der Waals surface area contributed by atoms with Gasteiger partial charge in [0.2, 0.25) is 0 Å². The highest BCUT2D eigenvalue weighted by Crippen LogP contribution is 2.27. The van der Waals surface area contributed by atoms with Gasteiger partial charge in [0.1, 0.15) is 5.82 Å². The van der Waals surface area contributed by atoms with E-state index in [2.05, 4.69) is 41.6 Å². The van der Waals surface area contributed by atoms with Gasteiger partial charge in [-0.25, -0.2) is 9.97 Å². The number of imidazole rings is 1. The number of anilines is 2. The van der Waals surface area contributed by atoms with Crippen LogP contribution in [0, 0.1) is 13.8 Å². The third-order valence-corrected chi connectivity index (χ3v) is 4.66. The summed E-state index contributed by atoms with van der Waals surface area (Å²) in [5.74, 6) is 1.15. The predicted molar refractivity (Wildman–Crippen MR) is 109 cm³/mol. The molecule has 27 heavy (non-hydrogen) atoms. The van der Waals surface area contributed by atoms with Gasteiger partial charge in [0.15, 0.2) is 11.5 Å². The number of rotatable bonds is 4. The van der Waals surface area contributed by atoms with Gasteiger partial charge < -0.3 is 10.6 Å². The van der Waals surface area contributed by atoms with E-state index < -0.39 is 0 Å². The number of fused-ring (bicyclic) bond motifs is 3. The van der Waals surface area contributed by atoms with E-state index in [4.69, 9.17) is 4.98 Å². The van der Waals surface area contributed by atoms with Crippen molar-refractivity contribution in [1.29, 1.82) is 0 Å². The molecule has 0 aliphatic carbocycles. The molecule has 136 valence electrons. The average Bonchev–Trinajstić information content (AvgIpc) is 3.08. The molecule has 0 bridgehead atoms. The number of amides is 1. The van der Waals surface area contributed by atoms with E-state index in [1.807, 2.05) is 29.5 Å². The predicted octanol–water partition coefficient (Wildman–Crippen LogP) is 4.18. The zero-order valence-corrected chi connectivity index (χ0v) is 15.6. The molecule has 4 aromatic rings. The third-order valence-electron chi connectivity index (χ3n) is 4.66. The van der Waals surface area contributed by atoms with Gasteiger partial charge in [0, 0.05) is 12.1 Å². The fraction of sp³-hybridized carbons (Fsp3) is 0.190. The summed E-state index contributed by atoms with van der Waals surface area (Å²) in [6.07, 6.45) is 1.67. The number of hydrogen-bond acceptors (Lipinski definition) is 4. The van der Waals surface area contributed by atoms with E-state index in [1.54, 1.807) is 18.3 Å². The van der Waals surface area contributed by atoms with Crippen LogP contribution in [0.25, 0.3) is 16.7 Å². The smallest absolute Gasteiger partial charge is 0.256 e. The molecule has 0 radical (unpaired) electrons. The third kappa shape index (κ3) is 2.99. The Hall–Kier alpha value is -3.41. The topological polar surface area (TPSA) is 71.3 Å². The number of carbonyl (C=O) groups excluding carboxylic acids is 1. The van der Waals surface area contributed by atoms with E-state index in [9.17, 15) is 4.79 Å². The highest BCUT2D eigenvalue weighted by atomic mass is 16.1. The lowest BCUT2D eigenvalue weighted by Gasteiger charge is -2.12. The van der Waals surface area contributed by atoms with Gasteiger partial charge in [-0.1, -0.05) is 18.2 Å². The van der Waals surface area contributed by atoms with Crippen molar-refractivity contribution >= 4 is 34.2 Å². The first-order valence-corrected chi connectivity index (χ1v) is 8.97. The second kappa shape index (κ2) is 6.72. The van der Waals surface area contributed by atoms with E-state index >= 15 is 0 Å². The average molecular weight is 359 g/mol. The number of carbonyl (C=O) groups is 1. The fourth-order valence-corrected chi connectivity index (χ4v) is 3.14. The molecule has 0 saturated heterocycles. The van der Waals surface area contributed by atoms with Gasteiger partial charge in [-0.3, -0.25) is 9.20 Å². The lowest BCUT2D eigenvalue weighted by atomic mass is 10.1. The van der Waals surface area contributed by atoms with Crippen LogP contribution >= 0.6 is 0 Å².